The highest BCUT2D eigenvalue weighted by atomic mass is 79.9. The van der Waals surface area contributed by atoms with Crippen LogP contribution in [0.4, 0.5) is 5.82 Å². The predicted octanol–water partition coefficient (Wildman–Crippen LogP) is 4.49. The molecule has 0 saturated carbocycles. The van der Waals surface area contributed by atoms with E-state index in [2.05, 4.69) is 25.8 Å². The van der Waals surface area contributed by atoms with Crippen LogP contribution in [0.15, 0.2) is 16.7 Å². The summed E-state index contributed by atoms with van der Waals surface area (Å²) in [5.41, 5.74) is 0. The van der Waals surface area contributed by atoms with Gasteiger partial charge in [-0.05, 0) is 47.7 Å². The van der Waals surface area contributed by atoms with Crippen molar-refractivity contribution < 1.29 is 0 Å². The molecule has 1 aromatic heterocycles. The first kappa shape index (κ1) is 13.4. The zero-order chi connectivity index (χ0) is 12.3. The van der Waals surface area contributed by atoms with Crippen LogP contribution in [0, 0.1) is 0 Å². The van der Waals surface area contributed by atoms with Crippen molar-refractivity contribution in [3.05, 3.63) is 21.8 Å². The number of pyridine rings is 1. The summed E-state index contributed by atoms with van der Waals surface area (Å²) in [5, 5.41) is 0.720. The molecule has 0 aromatic carbocycles. The molecule has 17 heavy (non-hydrogen) atoms. The molecule has 0 bridgehead atoms. The van der Waals surface area contributed by atoms with Crippen molar-refractivity contribution in [2.75, 3.05) is 17.3 Å². The van der Waals surface area contributed by atoms with Gasteiger partial charge in [0.15, 0.2) is 0 Å². The maximum Gasteiger partial charge on any atom is 0.147 e. The van der Waals surface area contributed by atoms with Gasteiger partial charge in [-0.15, -0.1) is 11.6 Å². The molecular formula is C12H15BrCl2N2. The van der Waals surface area contributed by atoms with Crippen LogP contribution in [0.2, 0.25) is 5.02 Å². The first-order valence-corrected chi connectivity index (χ1v) is 7.56. The molecule has 1 aliphatic rings. The van der Waals surface area contributed by atoms with E-state index in [4.69, 9.17) is 23.2 Å². The van der Waals surface area contributed by atoms with E-state index in [1.165, 1.54) is 12.8 Å². The Balaban J connectivity index is 2.14. The SMILES string of the molecule is ClCCCC1CCCN1c1ncc(Br)cc1Cl. The molecule has 0 spiro atoms. The monoisotopic (exact) mass is 336 g/mol. The average Bonchev–Trinajstić information content (AvgIpc) is 2.74. The van der Waals surface area contributed by atoms with Gasteiger partial charge < -0.3 is 4.90 Å². The molecule has 0 aliphatic carbocycles. The van der Waals surface area contributed by atoms with Crippen molar-refractivity contribution in [3.8, 4) is 0 Å². The highest BCUT2D eigenvalue weighted by molar-refractivity contribution is 9.10. The number of alkyl halides is 1. The van der Waals surface area contributed by atoms with Crippen LogP contribution in [-0.4, -0.2) is 23.5 Å². The fourth-order valence-electron chi connectivity index (χ4n) is 2.35. The summed E-state index contributed by atoms with van der Waals surface area (Å²) in [6, 6.07) is 2.45. The summed E-state index contributed by atoms with van der Waals surface area (Å²) in [5.74, 6) is 1.64. The Morgan fingerprint density at radius 2 is 2.35 bits per heavy atom. The van der Waals surface area contributed by atoms with Gasteiger partial charge in [0.2, 0.25) is 0 Å². The minimum atomic E-state index is 0.542. The fraction of sp³-hybridized carbons (Fsp3) is 0.583. The van der Waals surface area contributed by atoms with Crippen LogP contribution >= 0.6 is 39.1 Å². The van der Waals surface area contributed by atoms with E-state index < -0.39 is 0 Å². The molecule has 2 rings (SSSR count). The Kier molecular flexibility index (Phi) is 4.95. The second kappa shape index (κ2) is 6.26. The lowest BCUT2D eigenvalue weighted by molar-refractivity contribution is 0.598. The van der Waals surface area contributed by atoms with Gasteiger partial charge in [-0.2, -0.15) is 0 Å². The number of anilines is 1. The maximum absolute atomic E-state index is 6.25. The van der Waals surface area contributed by atoms with Gasteiger partial charge in [0.1, 0.15) is 5.82 Å². The van der Waals surface area contributed by atoms with Crippen LogP contribution < -0.4 is 4.90 Å². The first-order valence-electron chi connectivity index (χ1n) is 5.86. The zero-order valence-corrected chi connectivity index (χ0v) is 12.6. The van der Waals surface area contributed by atoms with E-state index in [0.717, 1.165) is 40.6 Å². The number of hydrogen-bond donors (Lipinski definition) is 0. The van der Waals surface area contributed by atoms with Crippen molar-refractivity contribution in [3.63, 3.8) is 0 Å². The van der Waals surface area contributed by atoms with Crippen molar-refractivity contribution in [1.29, 1.82) is 0 Å². The molecule has 0 N–H and O–H groups in total. The molecule has 1 atom stereocenters. The Hall–Kier alpha value is 0.01000. The smallest absolute Gasteiger partial charge is 0.147 e. The van der Waals surface area contributed by atoms with Crippen LogP contribution in [-0.2, 0) is 0 Å². The van der Waals surface area contributed by atoms with Gasteiger partial charge in [0.05, 0.1) is 5.02 Å². The molecule has 94 valence electrons. The summed E-state index contributed by atoms with van der Waals surface area (Å²) in [6.45, 7) is 1.04. The van der Waals surface area contributed by atoms with Crippen molar-refractivity contribution in [2.45, 2.75) is 31.7 Å². The minimum Gasteiger partial charge on any atom is -0.352 e. The molecule has 1 aliphatic heterocycles. The predicted molar refractivity (Wildman–Crippen MR) is 77.3 cm³/mol. The molecule has 1 fully saturated rings. The van der Waals surface area contributed by atoms with Gasteiger partial charge >= 0.3 is 0 Å². The van der Waals surface area contributed by atoms with Gasteiger partial charge in [-0.3, -0.25) is 0 Å². The summed E-state index contributed by atoms with van der Waals surface area (Å²) >= 11 is 15.4. The number of halogens is 3. The second-order valence-electron chi connectivity index (χ2n) is 4.28. The Morgan fingerprint density at radius 1 is 1.53 bits per heavy atom. The quantitative estimate of drug-likeness (QED) is 0.753. The van der Waals surface area contributed by atoms with E-state index in [0.29, 0.717) is 6.04 Å². The fourth-order valence-corrected chi connectivity index (χ4v) is 3.24. The van der Waals surface area contributed by atoms with Crippen LogP contribution in [0.25, 0.3) is 0 Å². The van der Waals surface area contributed by atoms with Crippen LogP contribution in [0.5, 0.6) is 0 Å². The maximum atomic E-state index is 6.25. The topological polar surface area (TPSA) is 16.1 Å². The van der Waals surface area contributed by atoms with Crippen molar-refractivity contribution in [2.24, 2.45) is 0 Å². The Labute approximate surface area is 120 Å². The largest absolute Gasteiger partial charge is 0.352 e. The van der Waals surface area contributed by atoms with Crippen LogP contribution in [0.1, 0.15) is 25.7 Å². The molecule has 1 saturated heterocycles. The Bertz CT molecular complexity index is 387. The lowest BCUT2D eigenvalue weighted by Crippen LogP contribution is -2.30. The lowest BCUT2D eigenvalue weighted by atomic mass is 10.1. The summed E-state index contributed by atoms with van der Waals surface area (Å²) in [7, 11) is 0. The normalized spacial score (nSPS) is 19.9. The molecule has 0 amide bonds. The number of rotatable bonds is 4. The third-order valence-electron chi connectivity index (χ3n) is 3.11. The lowest BCUT2D eigenvalue weighted by Gasteiger charge is -2.26. The average molecular weight is 338 g/mol. The van der Waals surface area contributed by atoms with Gasteiger partial charge in [0, 0.05) is 29.1 Å². The molecule has 5 heteroatoms. The van der Waals surface area contributed by atoms with Crippen molar-refractivity contribution >= 4 is 44.9 Å². The number of hydrogen-bond acceptors (Lipinski definition) is 2. The summed E-state index contributed by atoms with van der Waals surface area (Å²) in [6.07, 6.45) is 6.40. The molecule has 1 unspecified atom stereocenters. The Morgan fingerprint density at radius 3 is 3.06 bits per heavy atom. The number of nitrogens with zero attached hydrogens (tertiary/aromatic N) is 2. The van der Waals surface area contributed by atoms with Crippen LogP contribution in [0.3, 0.4) is 0 Å². The zero-order valence-electron chi connectivity index (χ0n) is 9.50. The molecule has 2 heterocycles. The van der Waals surface area contributed by atoms with Gasteiger partial charge in [0.25, 0.3) is 0 Å². The van der Waals surface area contributed by atoms with E-state index in [1.54, 1.807) is 6.20 Å². The highest BCUT2D eigenvalue weighted by Gasteiger charge is 2.26. The molecule has 1 aromatic rings. The molecule has 2 nitrogen and oxygen atoms in total. The third-order valence-corrected chi connectivity index (χ3v) is 4.09. The highest BCUT2D eigenvalue weighted by Crippen LogP contribution is 2.32. The van der Waals surface area contributed by atoms with E-state index in [9.17, 15) is 0 Å². The van der Waals surface area contributed by atoms with Crippen molar-refractivity contribution in [1.82, 2.24) is 4.98 Å². The van der Waals surface area contributed by atoms with E-state index in [1.807, 2.05) is 6.07 Å². The minimum absolute atomic E-state index is 0.542. The standard InChI is InChI=1S/C12H15BrCl2N2/c13-9-7-11(15)12(16-8-9)17-6-2-4-10(17)3-1-5-14/h7-8,10H,1-6H2. The van der Waals surface area contributed by atoms with E-state index >= 15 is 0 Å². The van der Waals surface area contributed by atoms with Gasteiger partial charge in [-0.25, -0.2) is 4.98 Å². The first-order chi connectivity index (χ1) is 8.22. The molecule has 0 radical (unpaired) electrons. The third kappa shape index (κ3) is 3.27. The van der Waals surface area contributed by atoms with E-state index in [-0.39, 0.29) is 0 Å². The summed E-state index contributed by atoms with van der Waals surface area (Å²) in [4.78, 5) is 6.75. The molecular weight excluding hydrogens is 323 g/mol. The second-order valence-corrected chi connectivity index (χ2v) is 5.98. The number of aromatic nitrogens is 1. The van der Waals surface area contributed by atoms with Gasteiger partial charge in [-0.1, -0.05) is 11.6 Å². The summed E-state index contributed by atoms with van der Waals surface area (Å²) < 4.78 is 0.919.